The summed E-state index contributed by atoms with van der Waals surface area (Å²) >= 11 is 0. The van der Waals surface area contributed by atoms with Gasteiger partial charge >= 0.3 is 0 Å². The molecule has 2 fully saturated rings. The number of amides is 1. The highest BCUT2D eigenvalue weighted by Gasteiger charge is 2.45. The molecule has 1 amide bonds. The number of fused-ring (bicyclic) bond motifs is 1. The van der Waals surface area contributed by atoms with Crippen LogP contribution in [0.5, 0.6) is 5.75 Å². The van der Waals surface area contributed by atoms with Crippen LogP contribution in [0, 0.1) is 28.6 Å². The molecule has 2 aliphatic rings. The quantitative estimate of drug-likeness (QED) is 0.379. The van der Waals surface area contributed by atoms with E-state index >= 15 is 0 Å². The summed E-state index contributed by atoms with van der Waals surface area (Å²) in [5.41, 5.74) is 4.10. The summed E-state index contributed by atoms with van der Waals surface area (Å²) in [4.78, 5) is 21.5. The highest BCUT2D eigenvalue weighted by Crippen LogP contribution is 2.42. The van der Waals surface area contributed by atoms with Gasteiger partial charge in [0, 0.05) is 60.4 Å². The molecule has 2 saturated heterocycles. The Labute approximate surface area is 227 Å². The molecule has 5 heterocycles. The van der Waals surface area contributed by atoms with Crippen LogP contribution < -0.4 is 9.64 Å². The lowest BCUT2D eigenvalue weighted by Crippen LogP contribution is -2.61. The zero-order valence-corrected chi connectivity index (χ0v) is 21.8. The molecule has 3 aromatic heterocycles. The third-order valence-electron chi connectivity index (χ3n) is 7.65. The van der Waals surface area contributed by atoms with Crippen LogP contribution in [0.1, 0.15) is 30.9 Å². The molecule has 6 rings (SSSR count). The maximum absolute atomic E-state index is 12.6. The Kier molecular flexibility index (Phi) is 6.38. The zero-order chi connectivity index (χ0) is 26.8. The SMILES string of the molecule is CCOc1cc(-c2ccc(N3CC4(CCN(C(=O)C#Cc5ccccc5)CC4)C3)nc2)c2c(C#N)cnn2c1. The molecule has 0 unspecified atom stereocenters. The molecule has 0 bridgehead atoms. The van der Waals surface area contributed by atoms with E-state index in [1.165, 1.54) is 0 Å². The van der Waals surface area contributed by atoms with Crippen LogP contribution in [0.15, 0.2) is 67.1 Å². The van der Waals surface area contributed by atoms with E-state index < -0.39 is 0 Å². The predicted octanol–water partition coefficient (Wildman–Crippen LogP) is 4.15. The number of anilines is 1. The van der Waals surface area contributed by atoms with Crippen LogP contribution in [0.4, 0.5) is 5.82 Å². The van der Waals surface area contributed by atoms with E-state index in [1.807, 2.05) is 66.6 Å². The Balaban J connectivity index is 1.11. The van der Waals surface area contributed by atoms with Gasteiger partial charge in [0.1, 0.15) is 17.6 Å². The van der Waals surface area contributed by atoms with Crippen molar-refractivity contribution in [2.75, 3.05) is 37.7 Å². The van der Waals surface area contributed by atoms with Gasteiger partial charge in [0.05, 0.1) is 30.1 Å². The smallest absolute Gasteiger partial charge is 0.298 e. The molecule has 1 aromatic carbocycles. The molecular weight excluding hydrogens is 488 g/mol. The number of rotatable bonds is 4. The fourth-order valence-corrected chi connectivity index (χ4v) is 5.53. The van der Waals surface area contributed by atoms with Crippen LogP contribution in [-0.4, -0.2) is 58.2 Å². The molecule has 0 aliphatic carbocycles. The third kappa shape index (κ3) is 4.78. The highest BCUT2D eigenvalue weighted by molar-refractivity contribution is 5.94. The Bertz CT molecular complexity index is 1610. The van der Waals surface area contributed by atoms with E-state index in [2.05, 4.69) is 27.9 Å². The number of aromatic nitrogens is 3. The third-order valence-corrected chi connectivity index (χ3v) is 7.65. The lowest BCUT2D eigenvalue weighted by molar-refractivity contribution is -0.127. The summed E-state index contributed by atoms with van der Waals surface area (Å²) in [6.07, 6.45) is 7.16. The Morgan fingerprint density at radius 3 is 2.59 bits per heavy atom. The molecular formula is C31H28N6O2. The average molecular weight is 517 g/mol. The van der Waals surface area contributed by atoms with Crippen molar-refractivity contribution < 1.29 is 9.53 Å². The average Bonchev–Trinajstić information content (AvgIpc) is 3.38. The number of piperidine rings is 1. The molecule has 8 nitrogen and oxygen atoms in total. The second kappa shape index (κ2) is 10.2. The van der Waals surface area contributed by atoms with Crippen LogP contribution in [0.2, 0.25) is 0 Å². The van der Waals surface area contributed by atoms with Crippen molar-refractivity contribution in [3.05, 3.63) is 78.2 Å². The fourth-order valence-electron chi connectivity index (χ4n) is 5.53. The van der Waals surface area contributed by atoms with E-state index in [0.717, 1.165) is 67.0 Å². The molecule has 8 heteroatoms. The first kappa shape index (κ1) is 24.5. The molecule has 2 aliphatic heterocycles. The summed E-state index contributed by atoms with van der Waals surface area (Å²) in [7, 11) is 0. The first-order chi connectivity index (χ1) is 19.1. The number of carbonyl (C=O) groups excluding carboxylic acids is 1. The minimum Gasteiger partial charge on any atom is -0.492 e. The number of ether oxygens (including phenoxy) is 1. The minimum atomic E-state index is -0.0950. The summed E-state index contributed by atoms with van der Waals surface area (Å²) in [5, 5.41) is 13.9. The number of nitrogens with zero attached hydrogens (tertiary/aromatic N) is 6. The van der Waals surface area contributed by atoms with Gasteiger partial charge < -0.3 is 14.5 Å². The van der Waals surface area contributed by atoms with Gasteiger partial charge in [-0.2, -0.15) is 10.4 Å². The Morgan fingerprint density at radius 2 is 1.90 bits per heavy atom. The normalized spacial score (nSPS) is 15.8. The number of pyridine rings is 2. The molecule has 0 N–H and O–H groups in total. The maximum atomic E-state index is 12.6. The van der Waals surface area contributed by atoms with Crippen molar-refractivity contribution in [2.24, 2.45) is 5.41 Å². The van der Waals surface area contributed by atoms with Gasteiger partial charge in [-0.15, -0.1) is 0 Å². The summed E-state index contributed by atoms with van der Waals surface area (Å²) in [6, 6.07) is 17.9. The van der Waals surface area contributed by atoms with Crippen molar-refractivity contribution in [3.63, 3.8) is 0 Å². The van der Waals surface area contributed by atoms with Crippen molar-refractivity contribution in [1.82, 2.24) is 19.5 Å². The van der Waals surface area contributed by atoms with Crippen LogP contribution in [0.25, 0.3) is 16.6 Å². The van der Waals surface area contributed by atoms with E-state index in [4.69, 9.17) is 9.72 Å². The second-order valence-electron chi connectivity index (χ2n) is 10.2. The molecule has 1 spiro atoms. The first-order valence-electron chi connectivity index (χ1n) is 13.2. The molecule has 0 radical (unpaired) electrons. The fraction of sp³-hybridized carbons (Fsp3) is 0.290. The van der Waals surface area contributed by atoms with E-state index in [0.29, 0.717) is 17.9 Å². The minimum absolute atomic E-state index is 0.0950. The van der Waals surface area contributed by atoms with Crippen molar-refractivity contribution >= 4 is 17.2 Å². The standard InChI is InChI=1S/C31H28N6O2/c1-2-39-26-16-27(30-25(17-32)19-34-37(30)20-26)24-9-10-28(33-18-24)36-21-31(22-36)12-14-35(15-13-31)29(38)11-8-23-6-4-3-5-7-23/h3-7,9-10,16,18-20H,2,12-15,21-22H2,1H3. The lowest BCUT2D eigenvalue weighted by atomic mass is 9.72. The highest BCUT2D eigenvalue weighted by atomic mass is 16.5. The Hall–Kier alpha value is -4.82. The number of benzene rings is 1. The van der Waals surface area contributed by atoms with Gasteiger partial charge in [-0.05, 0) is 50.1 Å². The van der Waals surface area contributed by atoms with Crippen molar-refractivity contribution in [3.8, 4) is 34.8 Å². The first-order valence-corrected chi connectivity index (χ1v) is 13.2. The Morgan fingerprint density at radius 1 is 1.10 bits per heavy atom. The van der Waals surface area contributed by atoms with Gasteiger partial charge in [-0.25, -0.2) is 9.50 Å². The van der Waals surface area contributed by atoms with E-state index in [-0.39, 0.29) is 11.3 Å². The monoisotopic (exact) mass is 516 g/mol. The van der Waals surface area contributed by atoms with E-state index in [9.17, 15) is 10.1 Å². The molecule has 4 aromatic rings. The van der Waals surface area contributed by atoms with Gasteiger partial charge in [0.2, 0.25) is 0 Å². The lowest BCUT2D eigenvalue weighted by Gasteiger charge is -2.54. The largest absolute Gasteiger partial charge is 0.492 e. The van der Waals surface area contributed by atoms with Crippen LogP contribution >= 0.6 is 0 Å². The van der Waals surface area contributed by atoms with Gasteiger partial charge in [0.15, 0.2) is 0 Å². The van der Waals surface area contributed by atoms with Gasteiger partial charge in [0.25, 0.3) is 5.91 Å². The number of nitriles is 1. The van der Waals surface area contributed by atoms with Crippen molar-refractivity contribution in [2.45, 2.75) is 19.8 Å². The van der Waals surface area contributed by atoms with Crippen LogP contribution in [0.3, 0.4) is 0 Å². The number of hydrogen-bond acceptors (Lipinski definition) is 6. The summed E-state index contributed by atoms with van der Waals surface area (Å²) in [5.74, 6) is 7.30. The zero-order valence-electron chi connectivity index (χ0n) is 21.8. The maximum Gasteiger partial charge on any atom is 0.298 e. The summed E-state index contributed by atoms with van der Waals surface area (Å²) in [6.45, 7) is 5.82. The number of hydrogen-bond donors (Lipinski definition) is 0. The van der Waals surface area contributed by atoms with Gasteiger partial charge in [-0.3, -0.25) is 4.79 Å². The predicted molar refractivity (Wildman–Crippen MR) is 148 cm³/mol. The molecule has 194 valence electrons. The number of carbonyl (C=O) groups is 1. The molecule has 0 atom stereocenters. The van der Waals surface area contributed by atoms with Crippen molar-refractivity contribution in [1.29, 1.82) is 5.26 Å². The van der Waals surface area contributed by atoms with E-state index in [1.54, 1.807) is 16.9 Å². The molecule has 0 saturated carbocycles. The molecule has 39 heavy (non-hydrogen) atoms. The van der Waals surface area contributed by atoms with Crippen LogP contribution in [-0.2, 0) is 4.79 Å². The second-order valence-corrected chi connectivity index (χ2v) is 10.2. The summed E-state index contributed by atoms with van der Waals surface area (Å²) < 4.78 is 7.41. The topological polar surface area (TPSA) is 86.8 Å². The van der Waals surface area contributed by atoms with Gasteiger partial charge in [-0.1, -0.05) is 24.1 Å². The number of likely N-dealkylation sites (tertiary alicyclic amines) is 1.